The van der Waals surface area contributed by atoms with Crippen LogP contribution in [0.5, 0.6) is 5.75 Å². The van der Waals surface area contributed by atoms with Crippen molar-refractivity contribution in [3.8, 4) is 17.2 Å². The van der Waals surface area contributed by atoms with Crippen LogP contribution in [0.25, 0.3) is 11.5 Å². The summed E-state index contributed by atoms with van der Waals surface area (Å²) >= 11 is 0. The topological polar surface area (TPSA) is 134 Å². The smallest absolute Gasteiger partial charge is 0.433 e. The molecular weight excluding hydrogens is 332 g/mol. The monoisotopic (exact) mass is 344 g/mol. The van der Waals surface area contributed by atoms with Crippen molar-refractivity contribution in [2.75, 3.05) is 11.9 Å². The minimum absolute atomic E-state index is 0.159. The molecule has 2 aromatic heterocycles. The van der Waals surface area contributed by atoms with E-state index in [9.17, 15) is 14.9 Å². The normalized spacial score (nSPS) is 10.4. The van der Waals surface area contributed by atoms with Crippen LogP contribution in [0, 0.1) is 10.1 Å². The Kier molecular flexibility index (Phi) is 4.42. The molecule has 0 aliphatic heterocycles. The first kappa shape index (κ1) is 16.2. The van der Waals surface area contributed by atoms with Gasteiger partial charge in [-0.1, -0.05) is 5.10 Å². The van der Waals surface area contributed by atoms with Gasteiger partial charge in [0.1, 0.15) is 10.7 Å². The highest BCUT2D eigenvalue weighted by atomic mass is 16.6. The molecule has 3 aromatic rings. The van der Waals surface area contributed by atoms with Gasteiger partial charge in [0.25, 0.3) is 5.91 Å². The lowest BCUT2D eigenvalue weighted by atomic mass is 10.2. The number of carbonyl (C=O) groups is 1. The van der Waals surface area contributed by atoms with E-state index in [2.05, 4.69) is 15.5 Å². The minimum Gasteiger partial charge on any atom is -0.494 e. The lowest BCUT2D eigenvalue weighted by molar-refractivity contribution is -0.402. The van der Waals surface area contributed by atoms with Crippen molar-refractivity contribution in [1.29, 1.82) is 0 Å². The largest absolute Gasteiger partial charge is 0.494 e. The summed E-state index contributed by atoms with van der Waals surface area (Å²) in [5, 5.41) is 20.4. The number of rotatable bonds is 6. The molecule has 0 atom stereocenters. The van der Waals surface area contributed by atoms with Gasteiger partial charge in [-0.3, -0.25) is 20.2 Å². The predicted octanol–water partition coefficient (Wildman–Crippen LogP) is 2.89. The number of anilines is 1. The zero-order valence-corrected chi connectivity index (χ0v) is 13.0. The van der Waals surface area contributed by atoms with Crippen molar-refractivity contribution in [1.82, 2.24) is 10.2 Å². The third-order valence-corrected chi connectivity index (χ3v) is 3.05. The van der Waals surface area contributed by atoms with Crippen molar-refractivity contribution < 1.29 is 23.3 Å². The Balaban J connectivity index is 1.70. The van der Waals surface area contributed by atoms with Gasteiger partial charge in [0.05, 0.1) is 12.7 Å². The van der Waals surface area contributed by atoms with Crippen LogP contribution in [-0.4, -0.2) is 27.6 Å². The molecule has 0 saturated carbocycles. The fraction of sp³-hybridized carbons (Fsp3) is 0.133. The summed E-state index contributed by atoms with van der Waals surface area (Å²) in [6.07, 6.45) is 0. The number of nitro groups is 1. The molecule has 1 aromatic carbocycles. The summed E-state index contributed by atoms with van der Waals surface area (Å²) in [5.74, 6) is -0.615. The average molecular weight is 344 g/mol. The molecular formula is C15H12N4O6. The Morgan fingerprint density at radius 2 is 1.96 bits per heavy atom. The van der Waals surface area contributed by atoms with E-state index >= 15 is 0 Å². The van der Waals surface area contributed by atoms with E-state index in [0.29, 0.717) is 17.9 Å². The third kappa shape index (κ3) is 3.63. The molecule has 0 aliphatic carbocycles. The number of furan rings is 1. The number of amides is 1. The number of hydrogen-bond donors (Lipinski definition) is 1. The van der Waals surface area contributed by atoms with Gasteiger partial charge in [-0.25, -0.2) is 0 Å². The maximum Gasteiger partial charge on any atom is 0.433 e. The number of carbonyl (C=O) groups excluding carboxylic acids is 1. The molecule has 128 valence electrons. The van der Waals surface area contributed by atoms with E-state index in [0.717, 1.165) is 6.07 Å². The van der Waals surface area contributed by atoms with E-state index in [-0.39, 0.29) is 17.7 Å². The lowest BCUT2D eigenvalue weighted by Gasteiger charge is -2.02. The highest BCUT2D eigenvalue weighted by molar-refractivity contribution is 6.01. The standard InChI is InChI=1S/C15H12N4O6/c1-2-23-10-5-3-9(4-6-10)14-17-18-15(25-14)16-13(20)11-7-8-12(24-11)19(21)22/h3-8H,2H2,1H3,(H,16,18,20). The lowest BCUT2D eigenvalue weighted by Crippen LogP contribution is -2.11. The van der Waals surface area contributed by atoms with Crippen LogP contribution in [0.3, 0.4) is 0 Å². The van der Waals surface area contributed by atoms with Crippen molar-refractivity contribution in [2.45, 2.75) is 6.92 Å². The Bertz CT molecular complexity index is 899. The van der Waals surface area contributed by atoms with Crippen LogP contribution in [0.4, 0.5) is 11.9 Å². The molecule has 3 rings (SSSR count). The number of nitrogens with one attached hydrogen (secondary N) is 1. The first-order valence-corrected chi connectivity index (χ1v) is 7.19. The molecule has 0 aliphatic rings. The SMILES string of the molecule is CCOc1ccc(-c2nnc(NC(=O)c3ccc([N+](=O)[O-])o3)o2)cc1. The second-order valence-electron chi connectivity index (χ2n) is 4.72. The Labute approximate surface area is 140 Å². The Morgan fingerprint density at radius 1 is 1.20 bits per heavy atom. The Hall–Kier alpha value is -3.69. The van der Waals surface area contributed by atoms with Gasteiger partial charge >= 0.3 is 11.9 Å². The van der Waals surface area contributed by atoms with Gasteiger partial charge in [0.2, 0.25) is 5.89 Å². The van der Waals surface area contributed by atoms with E-state index in [1.807, 2.05) is 6.92 Å². The second-order valence-corrected chi connectivity index (χ2v) is 4.72. The quantitative estimate of drug-likeness (QED) is 0.533. The van der Waals surface area contributed by atoms with Crippen molar-refractivity contribution >= 4 is 17.8 Å². The summed E-state index contributed by atoms with van der Waals surface area (Å²) in [5.41, 5.74) is 0.644. The summed E-state index contributed by atoms with van der Waals surface area (Å²) in [6.45, 7) is 2.44. The summed E-state index contributed by atoms with van der Waals surface area (Å²) in [6, 6.07) is 9.07. The number of ether oxygens (including phenoxy) is 1. The molecule has 0 radical (unpaired) electrons. The summed E-state index contributed by atoms with van der Waals surface area (Å²) in [4.78, 5) is 21.7. The second kappa shape index (κ2) is 6.83. The molecule has 25 heavy (non-hydrogen) atoms. The van der Waals surface area contributed by atoms with Gasteiger partial charge in [-0.2, -0.15) is 0 Å². The van der Waals surface area contributed by atoms with Crippen LogP contribution < -0.4 is 10.1 Å². The van der Waals surface area contributed by atoms with Crippen molar-refractivity contribution in [3.63, 3.8) is 0 Å². The first-order chi connectivity index (χ1) is 12.1. The Morgan fingerprint density at radius 3 is 2.60 bits per heavy atom. The van der Waals surface area contributed by atoms with Gasteiger partial charge in [0.15, 0.2) is 5.76 Å². The fourth-order valence-electron chi connectivity index (χ4n) is 1.96. The minimum atomic E-state index is -0.743. The zero-order valence-electron chi connectivity index (χ0n) is 13.0. The molecule has 10 nitrogen and oxygen atoms in total. The van der Waals surface area contributed by atoms with Gasteiger partial charge in [-0.15, -0.1) is 5.10 Å². The van der Waals surface area contributed by atoms with Crippen molar-refractivity contribution in [2.24, 2.45) is 0 Å². The maximum atomic E-state index is 11.9. The summed E-state index contributed by atoms with van der Waals surface area (Å²) < 4.78 is 15.5. The van der Waals surface area contributed by atoms with E-state index < -0.39 is 16.7 Å². The molecule has 2 heterocycles. The molecule has 0 fully saturated rings. The molecule has 0 bridgehead atoms. The highest BCUT2D eigenvalue weighted by Crippen LogP contribution is 2.23. The zero-order chi connectivity index (χ0) is 17.8. The molecule has 1 amide bonds. The van der Waals surface area contributed by atoms with Crippen LogP contribution in [0.15, 0.2) is 45.2 Å². The van der Waals surface area contributed by atoms with E-state index in [1.165, 1.54) is 6.07 Å². The fourth-order valence-corrected chi connectivity index (χ4v) is 1.96. The van der Waals surface area contributed by atoms with E-state index in [1.54, 1.807) is 24.3 Å². The van der Waals surface area contributed by atoms with Crippen LogP contribution in [0.1, 0.15) is 17.5 Å². The molecule has 0 saturated heterocycles. The number of benzene rings is 1. The van der Waals surface area contributed by atoms with Crippen LogP contribution in [0.2, 0.25) is 0 Å². The molecule has 10 heteroatoms. The molecule has 0 spiro atoms. The first-order valence-electron chi connectivity index (χ1n) is 7.19. The van der Waals surface area contributed by atoms with Crippen LogP contribution in [-0.2, 0) is 0 Å². The molecule has 1 N–H and O–H groups in total. The molecule has 0 unspecified atom stereocenters. The average Bonchev–Trinajstić information content (AvgIpc) is 3.25. The number of nitrogens with zero attached hydrogens (tertiary/aromatic N) is 3. The number of aromatic nitrogens is 2. The van der Waals surface area contributed by atoms with Gasteiger partial charge < -0.3 is 13.6 Å². The third-order valence-electron chi connectivity index (χ3n) is 3.05. The highest BCUT2D eigenvalue weighted by Gasteiger charge is 2.19. The van der Waals surface area contributed by atoms with Crippen LogP contribution >= 0.6 is 0 Å². The summed E-state index contributed by atoms with van der Waals surface area (Å²) in [7, 11) is 0. The van der Waals surface area contributed by atoms with E-state index in [4.69, 9.17) is 13.6 Å². The maximum absolute atomic E-state index is 11.9. The predicted molar refractivity (Wildman–Crippen MR) is 84.2 cm³/mol. The van der Waals surface area contributed by atoms with Crippen molar-refractivity contribution in [3.05, 3.63) is 52.3 Å². The van der Waals surface area contributed by atoms with Gasteiger partial charge in [0, 0.05) is 5.56 Å². The number of hydrogen-bond acceptors (Lipinski definition) is 8. The van der Waals surface area contributed by atoms with Gasteiger partial charge in [-0.05, 0) is 37.3 Å².